The number of dihydropyridines is 1. The lowest BCUT2D eigenvalue weighted by molar-refractivity contribution is -0.384. The lowest BCUT2D eigenvalue weighted by atomic mass is 9.80. The van der Waals surface area contributed by atoms with Crippen molar-refractivity contribution >= 4 is 17.6 Å². The van der Waals surface area contributed by atoms with Gasteiger partial charge in [0.1, 0.15) is 6.61 Å². The minimum atomic E-state index is -1.26. The lowest BCUT2D eigenvalue weighted by Gasteiger charge is -2.29. The SMILES string of the molecule is CC1=C(C(=O)O)C(c2cccc([N+](=O)[O-])c2)C(C(=O)OCCC#N)=C(C)N1. The summed E-state index contributed by atoms with van der Waals surface area (Å²) in [4.78, 5) is 34.9. The molecule has 1 aromatic rings. The number of non-ortho nitro benzene ring substituents is 1. The van der Waals surface area contributed by atoms with E-state index in [9.17, 15) is 24.8 Å². The minimum Gasteiger partial charge on any atom is -0.478 e. The molecule has 140 valence electrons. The van der Waals surface area contributed by atoms with Crippen LogP contribution in [0.3, 0.4) is 0 Å². The van der Waals surface area contributed by atoms with Crippen molar-refractivity contribution in [1.29, 1.82) is 5.26 Å². The Morgan fingerprint density at radius 2 is 2.00 bits per heavy atom. The highest BCUT2D eigenvalue weighted by molar-refractivity contribution is 5.99. The molecule has 0 aliphatic carbocycles. The summed E-state index contributed by atoms with van der Waals surface area (Å²) >= 11 is 0. The van der Waals surface area contributed by atoms with E-state index in [1.165, 1.54) is 24.3 Å². The quantitative estimate of drug-likeness (QED) is 0.336. The Kier molecular flexibility index (Phi) is 5.92. The van der Waals surface area contributed by atoms with Gasteiger partial charge in [-0.15, -0.1) is 0 Å². The number of carbonyl (C=O) groups is 2. The number of carboxylic acids is 1. The molecule has 1 heterocycles. The fourth-order valence-corrected chi connectivity index (χ4v) is 2.97. The van der Waals surface area contributed by atoms with Crippen LogP contribution in [-0.2, 0) is 14.3 Å². The van der Waals surface area contributed by atoms with E-state index in [0.29, 0.717) is 11.4 Å². The van der Waals surface area contributed by atoms with Crippen molar-refractivity contribution < 1.29 is 24.4 Å². The number of aliphatic carboxylic acids is 1. The van der Waals surface area contributed by atoms with Crippen molar-refractivity contribution in [2.75, 3.05) is 6.61 Å². The molecule has 9 nitrogen and oxygen atoms in total. The Balaban J connectivity index is 2.59. The van der Waals surface area contributed by atoms with Gasteiger partial charge in [-0.2, -0.15) is 5.26 Å². The van der Waals surface area contributed by atoms with Crippen LogP contribution in [0.4, 0.5) is 5.69 Å². The molecule has 0 spiro atoms. The molecule has 1 aromatic carbocycles. The van der Waals surface area contributed by atoms with E-state index >= 15 is 0 Å². The van der Waals surface area contributed by atoms with E-state index in [-0.39, 0.29) is 35.4 Å². The van der Waals surface area contributed by atoms with Gasteiger partial charge in [0.15, 0.2) is 0 Å². The smallest absolute Gasteiger partial charge is 0.336 e. The van der Waals surface area contributed by atoms with Crippen molar-refractivity contribution in [3.05, 3.63) is 62.5 Å². The molecule has 0 aromatic heterocycles. The van der Waals surface area contributed by atoms with Gasteiger partial charge in [-0.25, -0.2) is 9.59 Å². The second kappa shape index (κ2) is 8.14. The number of nitriles is 1. The molecule has 1 atom stereocenters. The summed E-state index contributed by atoms with van der Waals surface area (Å²) in [6.45, 7) is 3.00. The Bertz CT molecular complexity index is 910. The average Bonchev–Trinajstić information content (AvgIpc) is 2.60. The molecule has 0 amide bonds. The predicted octanol–water partition coefficient (Wildman–Crippen LogP) is 2.37. The molecule has 0 saturated carbocycles. The van der Waals surface area contributed by atoms with E-state index < -0.39 is 22.8 Å². The molecule has 9 heteroatoms. The summed E-state index contributed by atoms with van der Waals surface area (Å²) in [5.74, 6) is -3.08. The lowest BCUT2D eigenvalue weighted by Crippen LogP contribution is -2.32. The Labute approximate surface area is 154 Å². The van der Waals surface area contributed by atoms with Crippen LogP contribution in [0.1, 0.15) is 31.7 Å². The molecule has 0 saturated heterocycles. The van der Waals surface area contributed by atoms with E-state index in [1.807, 2.05) is 6.07 Å². The summed E-state index contributed by atoms with van der Waals surface area (Å²) in [5, 5.41) is 32.2. The molecule has 27 heavy (non-hydrogen) atoms. The zero-order valence-corrected chi connectivity index (χ0v) is 14.7. The Morgan fingerprint density at radius 1 is 1.33 bits per heavy atom. The maximum Gasteiger partial charge on any atom is 0.336 e. The number of carbonyl (C=O) groups excluding carboxylic acids is 1. The molecule has 2 rings (SSSR count). The molecule has 0 radical (unpaired) electrons. The van der Waals surface area contributed by atoms with Gasteiger partial charge in [0.25, 0.3) is 5.69 Å². The number of carboxylic acid groups (broad SMARTS) is 1. The molecule has 1 unspecified atom stereocenters. The van der Waals surface area contributed by atoms with Crippen LogP contribution in [-0.4, -0.2) is 28.6 Å². The Morgan fingerprint density at radius 3 is 2.59 bits per heavy atom. The monoisotopic (exact) mass is 371 g/mol. The van der Waals surface area contributed by atoms with Gasteiger partial charge in [-0.1, -0.05) is 12.1 Å². The van der Waals surface area contributed by atoms with Crippen LogP contribution in [0.2, 0.25) is 0 Å². The zero-order chi connectivity index (χ0) is 20.1. The summed E-state index contributed by atoms with van der Waals surface area (Å²) < 4.78 is 5.08. The van der Waals surface area contributed by atoms with Crippen LogP contribution >= 0.6 is 0 Å². The highest BCUT2D eigenvalue weighted by Crippen LogP contribution is 2.39. The van der Waals surface area contributed by atoms with Crippen LogP contribution in [0.25, 0.3) is 0 Å². The third-order valence-corrected chi connectivity index (χ3v) is 4.07. The Hall–Kier alpha value is -3.67. The molecule has 2 N–H and O–H groups in total. The topological polar surface area (TPSA) is 143 Å². The van der Waals surface area contributed by atoms with Gasteiger partial charge >= 0.3 is 11.9 Å². The molecular formula is C18H17N3O6. The van der Waals surface area contributed by atoms with Gasteiger partial charge in [0.05, 0.1) is 34.5 Å². The number of hydrogen-bond donors (Lipinski definition) is 2. The third-order valence-electron chi connectivity index (χ3n) is 4.07. The van der Waals surface area contributed by atoms with Crippen molar-refractivity contribution in [1.82, 2.24) is 5.32 Å². The number of ether oxygens (including phenoxy) is 1. The second-order valence-corrected chi connectivity index (χ2v) is 5.84. The first-order valence-corrected chi connectivity index (χ1v) is 7.98. The van der Waals surface area contributed by atoms with Gasteiger partial charge in [-0.05, 0) is 19.4 Å². The largest absolute Gasteiger partial charge is 0.478 e. The number of benzene rings is 1. The van der Waals surface area contributed by atoms with E-state index in [1.54, 1.807) is 13.8 Å². The number of allylic oxidation sites excluding steroid dienone is 2. The van der Waals surface area contributed by atoms with Crippen LogP contribution < -0.4 is 5.32 Å². The fourth-order valence-electron chi connectivity index (χ4n) is 2.97. The maximum absolute atomic E-state index is 12.6. The van der Waals surface area contributed by atoms with Gasteiger partial charge in [0, 0.05) is 23.5 Å². The van der Waals surface area contributed by atoms with Crippen molar-refractivity contribution in [2.45, 2.75) is 26.2 Å². The number of hydrogen-bond acceptors (Lipinski definition) is 7. The van der Waals surface area contributed by atoms with E-state index in [4.69, 9.17) is 10.00 Å². The highest BCUT2D eigenvalue weighted by atomic mass is 16.6. The predicted molar refractivity (Wildman–Crippen MR) is 93.2 cm³/mol. The third kappa shape index (κ3) is 4.12. The molecular weight excluding hydrogens is 354 g/mol. The molecule has 0 fully saturated rings. The number of rotatable bonds is 6. The molecule has 1 aliphatic rings. The first-order valence-electron chi connectivity index (χ1n) is 7.98. The normalized spacial score (nSPS) is 16.4. The van der Waals surface area contributed by atoms with Crippen molar-refractivity contribution in [3.63, 3.8) is 0 Å². The van der Waals surface area contributed by atoms with Crippen molar-refractivity contribution in [3.8, 4) is 6.07 Å². The number of nitrogens with one attached hydrogen (secondary N) is 1. The van der Waals surface area contributed by atoms with Crippen LogP contribution in [0, 0.1) is 21.4 Å². The summed E-state index contributed by atoms with van der Waals surface area (Å²) in [7, 11) is 0. The minimum absolute atomic E-state index is 0.00632. The fraction of sp³-hybridized carbons (Fsp3) is 0.278. The van der Waals surface area contributed by atoms with Crippen LogP contribution in [0.5, 0.6) is 0 Å². The van der Waals surface area contributed by atoms with Crippen LogP contribution in [0.15, 0.2) is 46.8 Å². The van der Waals surface area contributed by atoms with Gasteiger partial charge in [-0.3, -0.25) is 10.1 Å². The number of nitro groups is 1. The van der Waals surface area contributed by atoms with Gasteiger partial charge in [0.2, 0.25) is 0 Å². The van der Waals surface area contributed by atoms with Gasteiger partial charge < -0.3 is 15.2 Å². The second-order valence-electron chi connectivity index (χ2n) is 5.84. The van der Waals surface area contributed by atoms with E-state index in [2.05, 4.69) is 5.32 Å². The maximum atomic E-state index is 12.6. The summed E-state index contributed by atoms with van der Waals surface area (Å²) in [5.41, 5.74) is 0.711. The molecule has 1 aliphatic heterocycles. The summed E-state index contributed by atoms with van der Waals surface area (Å²) in [6.07, 6.45) is -0.00632. The summed E-state index contributed by atoms with van der Waals surface area (Å²) in [6, 6.07) is 7.32. The number of nitrogens with zero attached hydrogens (tertiary/aromatic N) is 2. The van der Waals surface area contributed by atoms with E-state index in [0.717, 1.165) is 0 Å². The zero-order valence-electron chi connectivity index (χ0n) is 14.7. The first kappa shape index (κ1) is 19.7. The average molecular weight is 371 g/mol. The van der Waals surface area contributed by atoms with Crippen molar-refractivity contribution in [2.24, 2.45) is 0 Å². The first-order chi connectivity index (χ1) is 12.8. The highest BCUT2D eigenvalue weighted by Gasteiger charge is 2.37. The molecule has 0 bridgehead atoms. The number of nitro benzene ring substituents is 1. The standard InChI is InChI=1S/C18H17N3O6/c1-10-14(17(22)23)16(12-5-3-6-13(9-12)21(25)26)15(11(2)20-10)18(24)27-8-4-7-19/h3,5-6,9,16,20H,4,8H2,1-2H3,(H,22,23). The number of esters is 1.